The van der Waals surface area contributed by atoms with Gasteiger partial charge in [-0.15, -0.1) is 0 Å². The second kappa shape index (κ2) is 4.50. The van der Waals surface area contributed by atoms with Crippen molar-refractivity contribution in [1.29, 1.82) is 0 Å². The summed E-state index contributed by atoms with van der Waals surface area (Å²) in [4.78, 5) is 3.95. The van der Waals surface area contributed by atoms with Crippen LogP contribution in [-0.2, 0) is 4.74 Å². The molecule has 0 radical (unpaired) electrons. The van der Waals surface area contributed by atoms with Crippen molar-refractivity contribution in [2.75, 3.05) is 6.61 Å². The van der Waals surface area contributed by atoms with Crippen LogP contribution in [0, 0.1) is 17.2 Å². The van der Waals surface area contributed by atoms with E-state index in [2.05, 4.69) is 17.2 Å². The first kappa shape index (κ1) is 12.7. The summed E-state index contributed by atoms with van der Waals surface area (Å²) in [5.41, 5.74) is 1.30. The summed E-state index contributed by atoms with van der Waals surface area (Å²) in [5.74, 6) is 0.393. The Hall–Kier alpha value is -1.00. The first-order valence-electron chi connectivity index (χ1n) is 7.69. The van der Waals surface area contributed by atoms with Gasteiger partial charge in [0, 0.05) is 36.2 Å². The van der Waals surface area contributed by atoms with Crippen molar-refractivity contribution in [3.63, 3.8) is 0 Å². The van der Waals surface area contributed by atoms with Crippen molar-refractivity contribution in [2.24, 2.45) is 11.3 Å². The van der Waals surface area contributed by atoms with Gasteiger partial charge in [-0.3, -0.25) is 4.98 Å². The highest BCUT2D eigenvalue weighted by molar-refractivity contribution is 5.21. The molecular formula is C16H21FN2O. The van der Waals surface area contributed by atoms with E-state index < -0.39 is 0 Å². The molecule has 2 heterocycles. The van der Waals surface area contributed by atoms with Gasteiger partial charge >= 0.3 is 0 Å². The van der Waals surface area contributed by atoms with Crippen LogP contribution in [0.4, 0.5) is 4.39 Å². The summed E-state index contributed by atoms with van der Waals surface area (Å²) < 4.78 is 19.2. The molecule has 108 valence electrons. The van der Waals surface area contributed by atoms with Gasteiger partial charge in [-0.2, -0.15) is 0 Å². The molecule has 3 aliphatic rings. The Kier molecular flexibility index (Phi) is 2.86. The van der Waals surface area contributed by atoms with Crippen LogP contribution in [0.3, 0.4) is 0 Å². The molecule has 2 saturated carbocycles. The van der Waals surface area contributed by atoms with Crippen LogP contribution >= 0.6 is 0 Å². The Bertz CT molecular complexity index is 517. The average Bonchev–Trinajstić information content (AvgIpc) is 2.79. The second-order valence-electron chi connectivity index (χ2n) is 6.63. The molecular weight excluding hydrogens is 255 g/mol. The van der Waals surface area contributed by atoms with E-state index in [1.54, 1.807) is 12.3 Å². The molecule has 0 unspecified atom stereocenters. The Morgan fingerprint density at radius 1 is 1.45 bits per heavy atom. The first-order chi connectivity index (χ1) is 9.71. The van der Waals surface area contributed by atoms with Gasteiger partial charge in [-0.25, -0.2) is 4.39 Å². The number of ether oxygens (including phenoxy) is 1. The summed E-state index contributed by atoms with van der Waals surface area (Å²) >= 11 is 0. The molecule has 1 aromatic heterocycles. The van der Waals surface area contributed by atoms with Gasteiger partial charge in [-0.05, 0) is 37.8 Å². The van der Waals surface area contributed by atoms with Crippen LogP contribution in [0.1, 0.15) is 44.2 Å². The third kappa shape index (κ3) is 1.67. The predicted octanol–water partition coefficient (Wildman–Crippen LogP) is 2.83. The largest absolute Gasteiger partial charge is 0.377 e. The molecule has 3 nitrogen and oxygen atoms in total. The minimum absolute atomic E-state index is 0.141. The maximum atomic E-state index is 13.3. The van der Waals surface area contributed by atoms with Crippen LogP contribution in [0.2, 0.25) is 0 Å². The van der Waals surface area contributed by atoms with Crippen LogP contribution in [0.25, 0.3) is 0 Å². The smallest absolute Gasteiger partial charge is 0.141 e. The molecule has 4 rings (SSSR count). The Morgan fingerprint density at radius 2 is 2.30 bits per heavy atom. The van der Waals surface area contributed by atoms with Crippen LogP contribution in [0.5, 0.6) is 0 Å². The van der Waals surface area contributed by atoms with Crippen molar-refractivity contribution in [3.8, 4) is 0 Å². The molecule has 3 fully saturated rings. The molecule has 1 aliphatic heterocycles. The molecule has 2 aliphatic carbocycles. The molecule has 1 spiro atoms. The molecule has 0 amide bonds. The molecule has 1 saturated heterocycles. The minimum Gasteiger partial charge on any atom is -0.377 e. The predicted molar refractivity (Wildman–Crippen MR) is 73.7 cm³/mol. The molecule has 0 aromatic carbocycles. The number of hydrogen-bond acceptors (Lipinski definition) is 3. The highest BCUT2D eigenvalue weighted by atomic mass is 19.1. The Morgan fingerprint density at radius 3 is 3.00 bits per heavy atom. The summed E-state index contributed by atoms with van der Waals surface area (Å²) in [6.07, 6.45) is 8.54. The monoisotopic (exact) mass is 276 g/mol. The average molecular weight is 276 g/mol. The van der Waals surface area contributed by atoms with Gasteiger partial charge in [0.05, 0.1) is 12.3 Å². The van der Waals surface area contributed by atoms with E-state index in [4.69, 9.17) is 4.74 Å². The fourth-order valence-corrected chi connectivity index (χ4v) is 4.53. The van der Waals surface area contributed by atoms with Crippen LogP contribution in [0.15, 0.2) is 18.5 Å². The Balaban J connectivity index is 1.51. The van der Waals surface area contributed by atoms with E-state index in [-0.39, 0.29) is 11.9 Å². The summed E-state index contributed by atoms with van der Waals surface area (Å²) in [6, 6.07) is 2.25. The van der Waals surface area contributed by atoms with Gasteiger partial charge in [0.15, 0.2) is 0 Å². The number of rotatable bonds is 3. The minimum atomic E-state index is -0.259. The number of pyridine rings is 1. The highest BCUT2D eigenvalue weighted by Gasteiger charge is 2.66. The normalized spacial score (nSPS) is 35.2. The van der Waals surface area contributed by atoms with Gasteiger partial charge in [-0.1, -0.05) is 6.42 Å². The van der Waals surface area contributed by atoms with E-state index in [9.17, 15) is 4.39 Å². The van der Waals surface area contributed by atoms with Gasteiger partial charge < -0.3 is 10.1 Å². The summed E-state index contributed by atoms with van der Waals surface area (Å²) in [5, 5.41) is 3.74. The fourth-order valence-electron chi connectivity index (χ4n) is 4.53. The topological polar surface area (TPSA) is 34.1 Å². The lowest BCUT2D eigenvalue weighted by molar-refractivity contribution is -0.178. The van der Waals surface area contributed by atoms with Crippen molar-refractivity contribution in [2.45, 2.75) is 50.8 Å². The number of nitrogens with zero attached hydrogens (tertiary/aromatic N) is 1. The first-order valence-corrected chi connectivity index (χ1v) is 7.69. The zero-order chi connectivity index (χ0) is 13.7. The SMILES string of the molecule is C[C@H](N[C@@H]1[C@@H]2CCO[C@H]2C12CCC2)c1cncc(F)c1. The zero-order valence-corrected chi connectivity index (χ0v) is 11.8. The van der Waals surface area contributed by atoms with Crippen molar-refractivity contribution in [3.05, 3.63) is 29.8 Å². The molecule has 0 bridgehead atoms. The van der Waals surface area contributed by atoms with Crippen LogP contribution in [-0.4, -0.2) is 23.7 Å². The quantitative estimate of drug-likeness (QED) is 0.922. The van der Waals surface area contributed by atoms with Gasteiger partial charge in [0.2, 0.25) is 0 Å². The number of fused-ring (bicyclic) bond motifs is 2. The van der Waals surface area contributed by atoms with Crippen molar-refractivity contribution in [1.82, 2.24) is 10.3 Å². The third-order valence-electron chi connectivity index (χ3n) is 5.69. The van der Waals surface area contributed by atoms with Crippen molar-refractivity contribution >= 4 is 0 Å². The number of halogens is 1. The third-order valence-corrected chi connectivity index (χ3v) is 5.69. The maximum absolute atomic E-state index is 13.3. The lowest BCUT2D eigenvalue weighted by atomic mass is 9.46. The number of aromatic nitrogens is 1. The second-order valence-corrected chi connectivity index (χ2v) is 6.63. The van der Waals surface area contributed by atoms with Gasteiger partial charge in [0.25, 0.3) is 0 Å². The molecule has 20 heavy (non-hydrogen) atoms. The summed E-state index contributed by atoms with van der Waals surface area (Å²) in [7, 11) is 0. The van der Waals surface area contributed by atoms with E-state index in [1.807, 2.05) is 0 Å². The molecule has 4 heteroatoms. The molecule has 4 atom stereocenters. The molecule has 1 N–H and O–H groups in total. The van der Waals surface area contributed by atoms with Crippen LogP contribution < -0.4 is 5.32 Å². The van der Waals surface area contributed by atoms with E-state index >= 15 is 0 Å². The van der Waals surface area contributed by atoms with E-state index in [1.165, 1.54) is 25.5 Å². The number of hydrogen-bond donors (Lipinski definition) is 1. The number of nitrogens with one attached hydrogen (secondary N) is 1. The summed E-state index contributed by atoms with van der Waals surface area (Å²) in [6.45, 7) is 3.01. The lowest BCUT2D eigenvalue weighted by Crippen LogP contribution is -2.71. The van der Waals surface area contributed by atoms with E-state index in [0.29, 0.717) is 23.5 Å². The standard InChI is InChI=1S/C16H21FN2O/c1-10(11-7-12(17)9-18-8-11)19-14-13-3-6-20-15(13)16(14)4-2-5-16/h7-10,13-15,19H,2-6H2,1H3/t10-,13-,14+,15+/m0/s1. The van der Waals surface area contributed by atoms with Crippen molar-refractivity contribution < 1.29 is 9.13 Å². The maximum Gasteiger partial charge on any atom is 0.141 e. The van der Waals surface area contributed by atoms with Gasteiger partial charge in [0.1, 0.15) is 5.82 Å². The lowest BCUT2D eigenvalue weighted by Gasteiger charge is -2.64. The Labute approximate surface area is 118 Å². The zero-order valence-electron chi connectivity index (χ0n) is 11.8. The fraction of sp³-hybridized carbons (Fsp3) is 0.688. The van der Waals surface area contributed by atoms with E-state index in [0.717, 1.165) is 18.6 Å². The molecule has 1 aromatic rings. The highest BCUT2D eigenvalue weighted by Crippen LogP contribution is 2.63.